The number of sulfone groups is 1. The van der Waals surface area contributed by atoms with Gasteiger partial charge in [-0.3, -0.25) is 0 Å². The van der Waals surface area contributed by atoms with Gasteiger partial charge < -0.3 is 4.90 Å². The van der Waals surface area contributed by atoms with E-state index in [-0.39, 0.29) is 0 Å². The molecule has 2 saturated carbocycles. The van der Waals surface area contributed by atoms with Crippen molar-refractivity contribution in [1.29, 1.82) is 0 Å². The van der Waals surface area contributed by atoms with Crippen LogP contribution in [0.3, 0.4) is 0 Å². The van der Waals surface area contributed by atoms with Gasteiger partial charge in [0.2, 0.25) is 0 Å². The Morgan fingerprint density at radius 3 is 2.23 bits per heavy atom. The lowest BCUT2D eigenvalue weighted by Crippen LogP contribution is -2.56. The van der Waals surface area contributed by atoms with Crippen molar-refractivity contribution >= 4 is 15.7 Å². The standard InChI is InChI=1S/C16H21N3O2S/c20-22(21)8-13(9-22)12-6-19(7-12)15-5-14(10-1-2-10)17-16(18-15)11-3-4-11/h5,10-13H,1-4,6-9H2. The molecule has 2 saturated heterocycles. The highest BCUT2D eigenvalue weighted by molar-refractivity contribution is 7.92. The molecule has 5 nitrogen and oxygen atoms in total. The molecule has 0 unspecified atom stereocenters. The van der Waals surface area contributed by atoms with Gasteiger partial charge in [-0.05, 0) is 37.5 Å². The fraction of sp³-hybridized carbons (Fsp3) is 0.750. The van der Waals surface area contributed by atoms with E-state index in [4.69, 9.17) is 9.97 Å². The van der Waals surface area contributed by atoms with Crippen molar-refractivity contribution in [3.05, 3.63) is 17.6 Å². The Bertz CT molecular complexity index is 677. The molecule has 4 fully saturated rings. The number of aromatic nitrogens is 2. The van der Waals surface area contributed by atoms with E-state index in [9.17, 15) is 8.42 Å². The van der Waals surface area contributed by atoms with Gasteiger partial charge in [0, 0.05) is 36.7 Å². The minimum absolute atomic E-state index is 0.383. The molecule has 118 valence electrons. The zero-order valence-electron chi connectivity index (χ0n) is 12.6. The molecule has 0 atom stereocenters. The van der Waals surface area contributed by atoms with Gasteiger partial charge in [0.25, 0.3) is 0 Å². The zero-order valence-corrected chi connectivity index (χ0v) is 13.4. The van der Waals surface area contributed by atoms with Crippen molar-refractivity contribution in [2.75, 3.05) is 29.5 Å². The smallest absolute Gasteiger partial charge is 0.150 e. The molecule has 22 heavy (non-hydrogen) atoms. The Hall–Kier alpha value is -1.17. The van der Waals surface area contributed by atoms with Gasteiger partial charge >= 0.3 is 0 Å². The Balaban J connectivity index is 1.31. The van der Waals surface area contributed by atoms with E-state index in [2.05, 4.69) is 11.0 Å². The molecule has 2 aliphatic heterocycles. The van der Waals surface area contributed by atoms with Crippen LogP contribution in [-0.4, -0.2) is 43.0 Å². The quantitative estimate of drug-likeness (QED) is 0.845. The van der Waals surface area contributed by atoms with Crippen LogP contribution >= 0.6 is 0 Å². The second-order valence-electron chi connectivity index (χ2n) is 7.56. The summed E-state index contributed by atoms with van der Waals surface area (Å²) in [5, 5.41) is 0. The molecule has 4 aliphatic rings. The molecule has 0 N–H and O–H groups in total. The molecular formula is C16H21N3O2S. The first-order chi connectivity index (χ1) is 10.6. The monoisotopic (exact) mass is 319 g/mol. The number of anilines is 1. The molecule has 5 rings (SSSR count). The Morgan fingerprint density at radius 2 is 1.64 bits per heavy atom. The molecule has 0 bridgehead atoms. The lowest BCUT2D eigenvalue weighted by atomic mass is 9.87. The second-order valence-corrected chi connectivity index (χ2v) is 9.71. The largest absolute Gasteiger partial charge is 0.356 e. The summed E-state index contributed by atoms with van der Waals surface area (Å²) >= 11 is 0. The molecule has 6 heteroatoms. The van der Waals surface area contributed by atoms with Crippen molar-refractivity contribution in [1.82, 2.24) is 9.97 Å². The number of nitrogens with zero attached hydrogens (tertiary/aromatic N) is 3. The van der Waals surface area contributed by atoms with Crippen LogP contribution in [0.25, 0.3) is 0 Å². The fourth-order valence-electron chi connectivity index (χ4n) is 3.62. The summed E-state index contributed by atoms with van der Waals surface area (Å²) in [7, 11) is -2.70. The number of hydrogen-bond donors (Lipinski definition) is 0. The fourth-order valence-corrected chi connectivity index (χ4v) is 5.37. The van der Waals surface area contributed by atoms with E-state index in [1.165, 1.54) is 31.4 Å². The highest BCUT2D eigenvalue weighted by Gasteiger charge is 2.44. The number of rotatable bonds is 4. The van der Waals surface area contributed by atoms with Gasteiger partial charge in [-0.15, -0.1) is 0 Å². The third-order valence-electron chi connectivity index (χ3n) is 5.52. The van der Waals surface area contributed by atoms with Crippen LogP contribution in [0.4, 0.5) is 5.82 Å². The minimum Gasteiger partial charge on any atom is -0.356 e. The number of hydrogen-bond acceptors (Lipinski definition) is 5. The van der Waals surface area contributed by atoms with Gasteiger partial charge in [-0.25, -0.2) is 18.4 Å². The minimum atomic E-state index is -2.70. The van der Waals surface area contributed by atoms with E-state index >= 15 is 0 Å². The van der Waals surface area contributed by atoms with Crippen molar-refractivity contribution in [3.63, 3.8) is 0 Å². The maximum absolute atomic E-state index is 11.3. The van der Waals surface area contributed by atoms with Gasteiger partial charge in [0.1, 0.15) is 11.6 Å². The Kier molecular flexibility index (Phi) is 2.68. The summed E-state index contributed by atoms with van der Waals surface area (Å²) in [5.41, 5.74) is 1.24. The van der Waals surface area contributed by atoms with E-state index in [0.29, 0.717) is 35.2 Å². The van der Waals surface area contributed by atoms with E-state index < -0.39 is 9.84 Å². The van der Waals surface area contributed by atoms with Gasteiger partial charge in [-0.1, -0.05) is 0 Å². The average Bonchev–Trinajstić information content (AvgIpc) is 3.25. The van der Waals surface area contributed by atoms with Gasteiger partial charge in [0.15, 0.2) is 9.84 Å². The third-order valence-corrected chi connectivity index (χ3v) is 7.40. The summed E-state index contributed by atoms with van der Waals surface area (Å²) < 4.78 is 22.6. The molecule has 0 spiro atoms. The predicted molar refractivity (Wildman–Crippen MR) is 83.8 cm³/mol. The van der Waals surface area contributed by atoms with E-state index in [1.807, 2.05) is 0 Å². The predicted octanol–water partition coefficient (Wildman–Crippen LogP) is 1.71. The van der Waals surface area contributed by atoms with Crippen LogP contribution in [0.1, 0.15) is 49.0 Å². The van der Waals surface area contributed by atoms with Crippen LogP contribution in [0, 0.1) is 11.8 Å². The molecule has 2 aliphatic carbocycles. The molecule has 0 amide bonds. The van der Waals surface area contributed by atoms with Crippen LogP contribution in [-0.2, 0) is 9.84 Å². The average molecular weight is 319 g/mol. The maximum atomic E-state index is 11.3. The Labute approximate surface area is 131 Å². The van der Waals surface area contributed by atoms with Crippen molar-refractivity contribution < 1.29 is 8.42 Å². The highest BCUT2D eigenvalue weighted by atomic mass is 32.2. The summed E-state index contributed by atoms with van der Waals surface area (Å²) in [6.07, 6.45) is 5.00. The van der Waals surface area contributed by atoms with Crippen molar-refractivity contribution in [2.24, 2.45) is 11.8 Å². The maximum Gasteiger partial charge on any atom is 0.150 e. The van der Waals surface area contributed by atoms with Crippen LogP contribution in [0.5, 0.6) is 0 Å². The lowest BCUT2D eigenvalue weighted by molar-refractivity contribution is 0.293. The Morgan fingerprint density at radius 1 is 0.955 bits per heavy atom. The van der Waals surface area contributed by atoms with Crippen molar-refractivity contribution in [2.45, 2.75) is 37.5 Å². The third kappa shape index (κ3) is 2.32. The first kappa shape index (κ1) is 13.3. The summed E-state index contributed by atoms with van der Waals surface area (Å²) in [5.74, 6) is 5.10. The highest BCUT2D eigenvalue weighted by Crippen LogP contribution is 2.44. The van der Waals surface area contributed by atoms with Crippen LogP contribution < -0.4 is 4.90 Å². The van der Waals surface area contributed by atoms with Gasteiger partial charge in [-0.2, -0.15) is 0 Å². The summed E-state index contributed by atoms with van der Waals surface area (Å²) in [6, 6.07) is 2.18. The van der Waals surface area contributed by atoms with Crippen molar-refractivity contribution in [3.8, 4) is 0 Å². The first-order valence-corrected chi connectivity index (χ1v) is 10.2. The molecule has 1 aromatic rings. The van der Waals surface area contributed by atoms with Crippen LogP contribution in [0.2, 0.25) is 0 Å². The lowest BCUT2D eigenvalue weighted by Gasteiger charge is -2.46. The molecule has 0 radical (unpaired) electrons. The van der Waals surface area contributed by atoms with Gasteiger partial charge in [0.05, 0.1) is 11.5 Å². The molecule has 3 heterocycles. The summed E-state index contributed by atoms with van der Waals surface area (Å²) in [6.45, 7) is 1.93. The topological polar surface area (TPSA) is 63.2 Å². The first-order valence-electron chi connectivity index (χ1n) is 8.42. The second kappa shape index (κ2) is 4.43. The normalized spacial score (nSPS) is 28.3. The summed E-state index contributed by atoms with van der Waals surface area (Å²) in [4.78, 5) is 11.9. The molecule has 0 aromatic carbocycles. The molecular weight excluding hydrogens is 298 g/mol. The zero-order chi connectivity index (χ0) is 14.9. The SMILES string of the molecule is O=S1(=O)CC(C2CN(c3cc(C4CC4)nc(C4CC4)n3)C2)C1. The van der Waals surface area contributed by atoms with E-state index in [1.54, 1.807) is 0 Å². The molecule has 1 aromatic heterocycles. The van der Waals surface area contributed by atoms with E-state index in [0.717, 1.165) is 24.7 Å². The van der Waals surface area contributed by atoms with Crippen LogP contribution in [0.15, 0.2) is 6.07 Å².